The molecule has 0 aromatic heterocycles. The lowest BCUT2D eigenvalue weighted by Crippen LogP contribution is -2.50. The molecule has 0 saturated heterocycles. The third-order valence-electron chi connectivity index (χ3n) is 3.96. The van der Waals surface area contributed by atoms with Crippen LogP contribution in [0, 0.1) is 0 Å². The molecule has 2 aliphatic heterocycles. The zero-order valence-electron chi connectivity index (χ0n) is 13.4. The summed E-state index contributed by atoms with van der Waals surface area (Å²) in [6.45, 7) is 2.02. The van der Waals surface area contributed by atoms with E-state index < -0.39 is 6.17 Å². The number of para-hydroxylation sites is 1. The maximum atomic E-state index is 12.8. The number of nitrogens with zero attached hydrogens (tertiary/aromatic N) is 3. The van der Waals surface area contributed by atoms with Crippen LogP contribution in [0.2, 0.25) is 5.02 Å². The van der Waals surface area contributed by atoms with Crippen molar-refractivity contribution in [1.82, 2.24) is 10.3 Å². The van der Waals surface area contributed by atoms with Gasteiger partial charge in [0.15, 0.2) is 11.3 Å². The summed E-state index contributed by atoms with van der Waals surface area (Å²) in [6.07, 6.45) is -0.402. The Bertz CT molecular complexity index is 987. The van der Waals surface area contributed by atoms with E-state index in [4.69, 9.17) is 16.6 Å². The highest BCUT2D eigenvalue weighted by atomic mass is 35.5. The van der Waals surface area contributed by atoms with E-state index in [1.165, 1.54) is 11.8 Å². The third kappa shape index (κ3) is 2.92. The number of hydrogen-bond donors (Lipinski definition) is 1. The second-order valence-electron chi connectivity index (χ2n) is 5.56. The highest BCUT2D eigenvalue weighted by Crippen LogP contribution is 2.31. The number of carbonyl (C=O) groups excluding carboxylic acids is 1. The largest absolute Gasteiger partial charge is 0.298 e. The summed E-state index contributed by atoms with van der Waals surface area (Å²) >= 11 is 7.51. The van der Waals surface area contributed by atoms with Crippen LogP contribution in [0.5, 0.6) is 0 Å². The standard InChI is InChI=1S/C18H15ClN4OS/c1-2-25-18-21-17(24)15-13-5-3-4-6-14(13)20-16(23(15)22-18)11-7-9-12(19)10-8-11/h3-10,16H,2H2,1H3,(H,21,22,24). The van der Waals surface area contributed by atoms with E-state index in [0.717, 1.165) is 21.9 Å². The second kappa shape index (κ2) is 6.54. The lowest BCUT2D eigenvalue weighted by Gasteiger charge is -2.34. The van der Waals surface area contributed by atoms with Crippen LogP contribution < -0.4 is 15.9 Å². The molecular weight excluding hydrogens is 356 g/mol. The Morgan fingerprint density at radius 3 is 2.72 bits per heavy atom. The van der Waals surface area contributed by atoms with Gasteiger partial charge in [0.05, 0.1) is 5.36 Å². The number of fused-ring (bicyclic) bond motifs is 2. The lowest BCUT2D eigenvalue weighted by molar-refractivity contribution is -0.116. The monoisotopic (exact) mass is 370 g/mol. The molecule has 2 aliphatic rings. The number of thioether (sulfide) groups is 1. The molecule has 0 aliphatic carbocycles. The fraction of sp³-hybridized carbons (Fsp3) is 0.167. The molecule has 25 heavy (non-hydrogen) atoms. The predicted octanol–water partition coefficient (Wildman–Crippen LogP) is 2.24. The Hall–Kier alpha value is -2.31. The molecule has 1 atom stereocenters. The molecule has 5 nitrogen and oxygen atoms in total. The van der Waals surface area contributed by atoms with Crippen molar-refractivity contribution < 1.29 is 4.79 Å². The number of rotatable bonds is 2. The van der Waals surface area contributed by atoms with Crippen molar-refractivity contribution in [3.05, 3.63) is 69.7 Å². The minimum Gasteiger partial charge on any atom is -0.298 e. The topological polar surface area (TPSA) is 57.1 Å². The highest BCUT2D eigenvalue weighted by molar-refractivity contribution is 8.13. The number of hydrogen-bond acceptors (Lipinski definition) is 5. The molecule has 0 fully saturated rings. The molecular formula is C18H15ClN4OS. The molecule has 1 amide bonds. The van der Waals surface area contributed by atoms with Gasteiger partial charge in [0.1, 0.15) is 5.70 Å². The van der Waals surface area contributed by atoms with Gasteiger partial charge in [-0.25, -0.2) is 5.01 Å². The SMILES string of the molecule is CCSC1=NN2C(=c3ccccc3=NC2c2ccc(Cl)cc2)C(=O)N1. The Labute approximate surface area is 154 Å². The number of hydrazone groups is 1. The van der Waals surface area contributed by atoms with Crippen LogP contribution in [0.15, 0.2) is 58.6 Å². The predicted molar refractivity (Wildman–Crippen MR) is 100 cm³/mol. The Balaban J connectivity index is 1.94. The van der Waals surface area contributed by atoms with Gasteiger partial charge in [-0.2, -0.15) is 0 Å². The first-order valence-corrected chi connectivity index (χ1v) is 9.28. The van der Waals surface area contributed by atoms with Gasteiger partial charge in [-0.05, 0) is 29.5 Å². The van der Waals surface area contributed by atoms with Crippen LogP contribution >= 0.6 is 23.4 Å². The van der Waals surface area contributed by atoms with E-state index in [9.17, 15) is 4.79 Å². The van der Waals surface area contributed by atoms with Gasteiger partial charge in [-0.15, -0.1) is 5.10 Å². The van der Waals surface area contributed by atoms with Crippen molar-refractivity contribution in [1.29, 1.82) is 0 Å². The normalized spacial score (nSPS) is 18.7. The number of carbonyl (C=O) groups is 1. The molecule has 2 heterocycles. The summed E-state index contributed by atoms with van der Waals surface area (Å²) in [5.41, 5.74) is 1.45. The number of amidine groups is 1. The van der Waals surface area contributed by atoms with Crippen molar-refractivity contribution in [2.45, 2.75) is 13.1 Å². The van der Waals surface area contributed by atoms with Gasteiger partial charge < -0.3 is 0 Å². The van der Waals surface area contributed by atoms with Gasteiger partial charge in [-0.3, -0.25) is 15.1 Å². The number of halogens is 1. The van der Waals surface area contributed by atoms with Crippen LogP contribution in [-0.2, 0) is 4.79 Å². The van der Waals surface area contributed by atoms with Crippen LogP contribution in [0.4, 0.5) is 0 Å². The molecule has 126 valence electrons. The minimum atomic E-state index is -0.402. The Morgan fingerprint density at radius 1 is 1.20 bits per heavy atom. The van der Waals surface area contributed by atoms with Gasteiger partial charge in [0.2, 0.25) is 0 Å². The van der Waals surface area contributed by atoms with Gasteiger partial charge in [-0.1, -0.05) is 60.6 Å². The fourth-order valence-corrected chi connectivity index (χ4v) is 3.59. The molecule has 0 bridgehead atoms. The molecule has 4 rings (SSSR count). The minimum absolute atomic E-state index is 0.160. The van der Waals surface area contributed by atoms with Crippen molar-refractivity contribution in [3.63, 3.8) is 0 Å². The zero-order valence-corrected chi connectivity index (χ0v) is 15.0. The maximum Gasteiger partial charge on any atom is 0.276 e. The van der Waals surface area contributed by atoms with Crippen LogP contribution in [0.25, 0.3) is 5.70 Å². The molecule has 2 aromatic rings. The Kier molecular flexibility index (Phi) is 4.23. The van der Waals surface area contributed by atoms with E-state index in [1.807, 2.05) is 55.5 Å². The van der Waals surface area contributed by atoms with Crippen molar-refractivity contribution in [3.8, 4) is 0 Å². The summed E-state index contributed by atoms with van der Waals surface area (Å²) < 4.78 is 0. The van der Waals surface area contributed by atoms with Gasteiger partial charge >= 0.3 is 0 Å². The van der Waals surface area contributed by atoms with E-state index in [2.05, 4.69) is 10.4 Å². The zero-order chi connectivity index (χ0) is 17.4. The average molecular weight is 371 g/mol. The smallest absolute Gasteiger partial charge is 0.276 e. The second-order valence-corrected chi connectivity index (χ2v) is 7.25. The molecule has 0 saturated carbocycles. The summed E-state index contributed by atoms with van der Waals surface area (Å²) in [5.74, 6) is 0.661. The first-order chi connectivity index (χ1) is 12.2. The molecule has 0 radical (unpaired) electrons. The summed E-state index contributed by atoms with van der Waals surface area (Å²) in [4.78, 5) is 17.6. The summed E-state index contributed by atoms with van der Waals surface area (Å²) in [7, 11) is 0. The highest BCUT2D eigenvalue weighted by Gasteiger charge is 2.34. The molecule has 1 N–H and O–H groups in total. The molecule has 2 aromatic carbocycles. The van der Waals surface area contributed by atoms with Crippen LogP contribution in [0.1, 0.15) is 18.7 Å². The van der Waals surface area contributed by atoms with Crippen molar-refractivity contribution in [2.75, 3.05) is 5.75 Å². The van der Waals surface area contributed by atoms with Gasteiger partial charge in [0.25, 0.3) is 5.91 Å². The first-order valence-electron chi connectivity index (χ1n) is 7.92. The van der Waals surface area contributed by atoms with E-state index >= 15 is 0 Å². The first kappa shape index (κ1) is 16.2. The number of amides is 1. The number of nitrogens with one attached hydrogen (secondary N) is 1. The third-order valence-corrected chi connectivity index (χ3v) is 4.96. The van der Waals surface area contributed by atoms with E-state index in [0.29, 0.717) is 15.9 Å². The number of benzene rings is 2. The molecule has 7 heteroatoms. The van der Waals surface area contributed by atoms with Gasteiger partial charge in [0, 0.05) is 10.2 Å². The quantitative estimate of drug-likeness (QED) is 0.882. The summed E-state index contributed by atoms with van der Waals surface area (Å²) in [5, 5.41) is 12.0. The van der Waals surface area contributed by atoms with Crippen LogP contribution in [-0.4, -0.2) is 21.8 Å². The van der Waals surface area contributed by atoms with Crippen LogP contribution in [0.3, 0.4) is 0 Å². The maximum absolute atomic E-state index is 12.8. The van der Waals surface area contributed by atoms with E-state index in [1.54, 1.807) is 5.01 Å². The van der Waals surface area contributed by atoms with E-state index in [-0.39, 0.29) is 5.91 Å². The van der Waals surface area contributed by atoms with Crippen molar-refractivity contribution in [2.24, 2.45) is 10.1 Å². The Morgan fingerprint density at radius 2 is 1.96 bits per heavy atom. The average Bonchev–Trinajstić information content (AvgIpc) is 2.62. The fourth-order valence-electron chi connectivity index (χ4n) is 2.88. The molecule has 1 unspecified atom stereocenters. The van der Waals surface area contributed by atoms with Crippen molar-refractivity contribution >= 4 is 40.1 Å². The summed E-state index contributed by atoms with van der Waals surface area (Å²) in [6, 6.07) is 15.1. The molecule has 0 spiro atoms. The lowest BCUT2D eigenvalue weighted by atomic mass is 10.1.